The number of aryl methyl sites for hydroxylation is 1. The highest BCUT2D eigenvalue weighted by Gasteiger charge is 2.16. The Morgan fingerprint density at radius 3 is 2.96 bits per heavy atom. The Labute approximate surface area is 159 Å². The molecule has 140 valence electrons. The molecule has 2 N–H and O–H groups in total. The van der Waals surface area contributed by atoms with Crippen LogP contribution >= 0.6 is 15.9 Å². The molecule has 1 aromatic carbocycles. The predicted octanol–water partition coefficient (Wildman–Crippen LogP) is 3.42. The standard InChI is InChI=1S/C19H30BrFN4/c1-3-22-19(24-13-15-6-5-11-25(2)14-15)23-10-4-7-16-8-9-17(20)12-18(16)21/h8-9,12,15H,3-7,10-11,13-14H2,1-2H3,(H2,22,23,24). The zero-order valence-corrected chi connectivity index (χ0v) is 16.9. The molecule has 1 saturated heterocycles. The van der Waals surface area contributed by atoms with E-state index in [9.17, 15) is 4.39 Å². The van der Waals surface area contributed by atoms with Crippen LogP contribution in [0.15, 0.2) is 27.7 Å². The molecule has 0 spiro atoms. The number of nitrogens with zero attached hydrogens (tertiary/aromatic N) is 2. The third kappa shape index (κ3) is 7.32. The second-order valence-corrected chi connectivity index (χ2v) is 7.67. The maximum absolute atomic E-state index is 13.8. The summed E-state index contributed by atoms with van der Waals surface area (Å²) in [5, 5.41) is 6.66. The van der Waals surface area contributed by atoms with Gasteiger partial charge in [0.15, 0.2) is 5.96 Å². The molecule has 0 amide bonds. The van der Waals surface area contributed by atoms with Gasteiger partial charge in [-0.05, 0) is 69.8 Å². The highest BCUT2D eigenvalue weighted by atomic mass is 79.9. The Morgan fingerprint density at radius 2 is 2.24 bits per heavy atom. The van der Waals surface area contributed by atoms with E-state index in [0.717, 1.165) is 55.0 Å². The first-order chi connectivity index (χ1) is 12.1. The SMILES string of the molecule is CCNC(=NCC1CCCN(C)C1)NCCCc1ccc(Br)cc1F. The summed E-state index contributed by atoms with van der Waals surface area (Å²) in [6.07, 6.45) is 4.11. The molecule has 2 rings (SSSR count). The Morgan fingerprint density at radius 1 is 1.40 bits per heavy atom. The van der Waals surface area contributed by atoms with Crippen molar-refractivity contribution in [1.29, 1.82) is 0 Å². The van der Waals surface area contributed by atoms with Crippen molar-refractivity contribution in [3.63, 3.8) is 0 Å². The second kappa shape index (κ2) is 10.8. The summed E-state index contributed by atoms with van der Waals surface area (Å²) in [4.78, 5) is 7.12. The largest absolute Gasteiger partial charge is 0.357 e. The van der Waals surface area contributed by atoms with E-state index in [-0.39, 0.29) is 5.82 Å². The predicted molar refractivity (Wildman–Crippen MR) is 107 cm³/mol. The quantitative estimate of drug-likeness (QED) is 0.409. The second-order valence-electron chi connectivity index (χ2n) is 6.76. The van der Waals surface area contributed by atoms with Crippen LogP contribution in [0.1, 0.15) is 31.7 Å². The van der Waals surface area contributed by atoms with E-state index in [4.69, 9.17) is 4.99 Å². The zero-order valence-electron chi connectivity index (χ0n) is 15.3. The van der Waals surface area contributed by atoms with Crippen LogP contribution in [0.25, 0.3) is 0 Å². The number of benzene rings is 1. The molecule has 1 heterocycles. The van der Waals surface area contributed by atoms with Gasteiger partial charge < -0.3 is 15.5 Å². The van der Waals surface area contributed by atoms with Crippen LogP contribution in [0.5, 0.6) is 0 Å². The number of aliphatic imine (C=N–C) groups is 1. The van der Waals surface area contributed by atoms with Gasteiger partial charge in [0.05, 0.1) is 0 Å². The molecule has 25 heavy (non-hydrogen) atoms. The first kappa shape index (κ1) is 20.2. The minimum atomic E-state index is -0.142. The minimum Gasteiger partial charge on any atom is -0.357 e. The molecule has 0 aromatic heterocycles. The number of hydrogen-bond acceptors (Lipinski definition) is 2. The summed E-state index contributed by atoms with van der Waals surface area (Å²) in [5.74, 6) is 1.37. The van der Waals surface area contributed by atoms with Crippen LogP contribution < -0.4 is 10.6 Å². The van der Waals surface area contributed by atoms with Crippen molar-refractivity contribution in [2.24, 2.45) is 10.9 Å². The van der Waals surface area contributed by atoms with Crippen LogP contribution in [0.2, 0.25) is 0 Å². The Balaban J connectivity index is 1.75. The van der Waals surface area contributed by atoms with Gasteiger partial charge in [-0.2, -0.15) is 0 Å². The van der Waals surface area contributed by atoms with Crippen molar-refractivity contribution in [2.75, 3.05) is 39.8 Å². The normalized spacial score (nSPS) is 19.0. The minimum absolute atomic E-state index is 0.142. The molecule has 0 saturated carbocycles. The lowest BCUT2D eigenvalue weighted by molar-refractivity contribution is 0.214. The molecule has 6 heteroatoms. The summed E-state index contributed by atoms with van der Waals surface area (Å²) in [6, 6.07) is 5.26. The van der Waals surface area contributed by atoms with E-state index in [0.29, 0.717) is 5.92 Å². The molecule has 1 aliphatic rings. The number of piperidine rings is 1. The van der Waals surface area contributed by atoms with Gasteiger partial charge in [0, 0.05) is 30.7 Å². The molecule has 1 atom stereocenters. The summed E-state index contributed by atoms with van der Waals surface area (Å²) in [6.45, 7) is 6.89. The zero-order chi connectivity index (χ0) is 18.1. The van der Waals surface area contributed by atoms with Gasteiger partial charge >= 0.3 is 0 Å². The molecule has 4 nitrogen and oxygen atoms in total. The van der Waals surface area contributed by atoms with Crippen LogP contribution in [0.3, 0.4) is 0 Å². The van der Waals surface area contributed by atoms with Gasteiger partial charge in [-0.3, -0.25) is 4.99 Å². The number of rotatable bonds is 7. The average Bonchev–Trinajstić information content (AvgIpc) is 2.58. The first-order valence-corrected chi connectivity index (χ1v) is 10.0. The average molecular weight is 413 g/mol. The van der Waals surface area contributed by atoms with Crippen molar-refractivity contribution in [1.82, 2.24) is 15.5 Å². The monoisotopic (exact) mass is 412 g/mol. The van der Waals surface area contributed by atoms with Gasteiger partial charge in [0.2, 0.25) is 0 Å². The van der Waals surface area contributed by atoms with Crippen LogP contribution in [0, 0.1) is 11.7 Å². The molecular formula is C19H30BrFN4. The summed E-state index contributed by atoms with van der Waals surface area (Å²) in [5.41, 5.74) is 0.761. The van der Waals surface area contributed by atoms with E-state index in [1.165, 1.54) is 25.5 Å². The fourth-order valence-electron chi connectivity index (χ4n) is 3.19. The van der Waals surface area contributed by atoms with Crippen LogP contribution in [-0.2, 0) is 6.42 Å². The van der Waals surface area contributed by atoms with E-state index < -0.39 is 0 Å². The molecule has 0 aliphatic carbocycles. The first-order valence-electron chi connectivity index (χ1n) is 9.23. The molecule has 1 unspecified atom stereocenters. The van der Waals surface area contributed by atoms with Gasteiger partial charge in [-0.1, -0.05) is 22.0 Å². The third-order valence-electron chi connectivity index (χ3n) is 4.50. The van der Waals surface area contributed by atoms with Crippen LogP contribution in [-0.4, -0.2) is 50.6 Å². The molecule has 1 fully saturated rings. The highest BCUT2D eigenvalue weighted by molar-refractivity contribution is 9.10. The van der Waals surface area contributed by atoms with Crippen molar-refractivity contribution < 1.29 is 4.39 Å². The number of hydrogen-bond donors (Lipinski definition) is 2. The fourth-order valence-corrected chi connectivity index (χ4v) is 3.53. The number of guanidine groups is 1. The lowest BCUT2D eigenvalue weighted by atomic mass is 9.99. The topological polar surface area (TPSA) is 39.7 Å². The molecule has 1 aliphatic heterocycles. The van der Waals surface area contributed by atoms with E-state index >= 15 is 0 Å². The molecular weight excluding hydrogens is 383 g/mol. The van der Waals surface area contributed by atoms with E-state index in [1.807, 2.05) is 12.1 Å². The summed E-state index contributed by atoms with van der Waals surface area (Å²) >= 11 is 3.29. The smallest absolute Gasteiger partial charge is 0.191 e. The maximum atomic E-state index is 13.8. The fraction of sp³-hybridized carbons (Fsp3) is 0.632. The van der Waals surface area contributed by atoms with Gasteiger partial charge in [0.25, 0.3) is 0 Å². The van der Waals surface area contributed by atoms with Crippen LogP contribution in [0.4, 0.5) is 4.39 Å². The van der Waals surface area contributed by atoms with Gasteiger partial charge in [-0.15, -0.1) is 0 Å². The van der Waals surface area contributed by atoms with Gasteiger partial charge in [-0.25, -0.2) is 4.39 Å². The number of nitrogens with one attached hydrogen (secondary N) is 2. The molecule has 0 radical (unpaired) electrons. The van der Waals surface area contributed by atoms with Crippen molar-refractivity contribution >= 4 is 21.9 Å². The highest BCUT2D eigenvalue weighted by Crippen LogP contribution is 2.16. The number of likely N-dealkylation sites (tertiary alicyclic amines) is 1. The third-order valence-corrected chi connectivity index (χ3v) is 5.00. The lowest BCUT2D eigenvalue weighted by Gasteiger charge is -2.28. The van der Waals surface area contributed by atoms with Crippen molar-refractivity contribution in [3.8, 4) is 0 Å². The maximum Gasteiger partial charge on any atom is 0.191 e. The summed E-state index contributed by atoms with van der Waals surface area (Å²) in [7, 11) is 2.18. The Kier molecular flexibility index (Phi) is 8.68. The Bertz CT molecular complexity index is 564. The Hall–Kier alpha value is -1.14. The summed E-state index contributed by atoms with van der Waals surface area (Å²) < 4.78 is 14.6. The van der Waals surface area contributed by atoms with E-state index in [1.54, 1.807) is 0 Å². The molecule has 1 aromatic rings. The van der Waals surface area contributed by atoms with E-state index in [2.05, 4.69) is 45.4 Å². The van der Waals surface area contributed by atoms with Gasteiger partial charge in [0.1, 0.15) is 5.82 Å². The number of halogens is 2. The lowest BCUT2D eigenvalue weighted by Crippen LogP contribution is -2.39. The van der Waals surface area contributed by atoms with Crippen molar-refractivity contribution in [3.05, 3.63) is 34.1 Å². The molecule has 0 bridgehead atoms. The van der Waals surface area contributed by atoms with Crippen molar-refractivity contribution in [2.45, 2.75) is 32.6 Å².